The number of nitroso groups, excluding NO2 is 1. The van der Waals surface area contributed by atoms with Gasteiger partial charge in [0.2, 0.25) is 0 Å². The molecule has 0 spiro atoms. The maximum atomic E-state index is 10.1. The van der Waals surface area contributed by atoms with Gasteiger partial charge >= 0.3 is 0 Å². The number of aliphatic hydroxyl groups is 2. The van der Waals surface area contributed by atoms with Gasteiger partial charge in [0.25, 0.3) is 0 Å². The van der Waals surface area contributed by atoms with Crippen molar-refractivity contribution in [3.8, 4) is 0 Å². The van der Waals surface area contributed by atoms with Crippen LogP contribution in [0.4, 0.5) is 0 Å². The van der Waals surface area contributed by atoms with E-state index in [1.165, 1.54) is 0 Å². The van der Waals surface area contributed by atoms with E-state index in [1.54, 1.807) is 0 Å². The monoisotopic (exact) mass is 157 g/mol. The average Bonchev–Trinajstić information content (AvgIpc) is 2.28. The van der Waals surface area contributed by atoms with Crippen molar-refractivity contribution in [2.24, 2.45) is 5.18 Å². The molecule has 1 rings (SSSR count). The first-order chi connectivity index (χ1) is 5.20. The van der Waals surface area contributed by atoms with Gasteiger partial charge in [-0.2, -0.15) is 4.91 Å². The fraction of sp³-hybridized carbons (Fsp3) is 1.00. The third kappa shape index (κ3) is 1.42. The molecular formula is C5H8BNO4. The lowest BCUT2D eigenvalue weighted by molar-refractivity contribution is 0.0291. The molecule has 1 heterocycles. The van der Waals surface area contributed by atoms with E-state index in [0.717, 1.165) is 0 Å². The Hall–Kier alpha value is -0.455. The molecule has 2 radical (unpaired) electrons. The van der Waals surface area contributed by atoms with Crippen LogP contribution < -0.4 is 0 Å². The second-order valence-corrected chi connectivity index (χ2v) is 2.41. The molecule has 1 aliphatic heterocycles. The first-order valence-corrected chi connectivity index (χ1v) is 3.23. The minimum absolute atomic E-state index is 0.360. The van der Waals surface area contributed by atoms with Crippen LogP contribution in [0, 0.1) is 4.91 Å². The molecule has 2 N–H and O–H groups in total. The molecule has 5 nitrogen and oxygen atoms in total. The highest BCUT2D eigenvalue weighted by Crippen LogP contribution is 2.21. The van der Waals surface area contributed by atoms with Gasteiger partial charge in [-0.15, -0.1) is 0 Å². The van der Waals surface area contributed by atoms with Crippen LogP contribution in [-0.2, 0) is 4.74 Å². The summed E-state index contributed by atoms with van der Waals surface area (Å²) < 4.78 is 4.81. The normalized spacial score (nSPS) is 44.2. The van der Waals surface area contributed by atoms with Crippen LogP contribution in [0.1, 0.15) is 0 Å². The Balaban J connectivity index is 2.64. The number of hydrogen-bond acceptors (Lipinski definition) is 5. The summed E-state index contributed by atoms with van der Waals surface area (Å²) in [5.74, 6) is 0. The summed E-state index contributed by atoms with van der Waals surface area (Å²) in [6.45, 7) is -0.360. The molecule has 0 bridgehead atoms. The lowest BCUT2D eigenvalue weighted by Crippen LogP contribution is -2.32. The molecule has 4 atom stereocenters. The molecule has 2 unspecified atom stereocenters. The van der Waals surface area contributed by atoms with E-state index in [9.17, 15) is 4.91 Å². The van der Waals surface area contributed by atoms with E-state index in [4.69, 9.17) is 22.8 Å². The molecule has 0 saturated carbocycles. The molecule has 6 heteroatoms. The fourth-order valence-corrected chi connectivity index (χ4v) is 1.06. The van der Waals surface area contributed by atoms with Gasteiger partial charge in [-0.1, -0.05) is 5.18 Å². The molecule has 1 saturated heterocycles. The van der Waals surface area contributed by atoms with E-state index < -0.39 is 24.3 Å². The highest BCUT2D eigenvalue weighted by Gasteiger charge is 2.41. The maximum absolute atomic E-state index is 10.1. The Bertz CT molecular complexity index is 155. The summed E-state index contributed by atoms with van der Waals surface area (Å²) in [5.41, 5.74) is 0. The van der Waals surface area contributed by atoms with Gasteiger partial charge in [0.1, 0.15) is 20.0 Å². The quantitative estimate of drug-likeness (QED) is 0.372. The van der Waals surface area contributed by atoms with Crippen molar-refractivity contribution in [1.29, 1.82) is 0 Å². The molecule has 0 aromatic heterocycles. The fourth-order valence-electron chi connectivity index (χ4n) is 1.06. The van der Waals surface area contributed by atoms with Crippen LogP contribution in [-0.4, -0.2) is 48.9 Å². The number of rotatable bonds is 2. The van der Waals surface area contributed by atoms with Crippen LogP contribution in [0.25, 0.3) is 0 Å². The maximum Gasteiger partial charge on any atom is 0.148 e. The van der Waals surface area contributed by atoms with Crippen molar-refractivity contribution in [3.05, 3.63) is 4.91 Å². The lowest BCUT2D eigenvalue weighted by Gasteiger charge is -2.08. The first kappa shape index (κ1) is 8.64. The van der Waals surface area contributed by atoms with E-state index >= 15 is 0 Å². The van der Waals surface area contributed by atoms with Crippen LogP contribution in [0.5, 0.6) is 0 Å². The lowest BCUT2D eigenvalue weighted by atomic mass is 9.92. The van der Waals surface area contributed by atoms with Gasteiger partial charge in [-0.25, -0.2) is 0 Å². The Morgan fingerprint density at radius 2 is 2.27 bits per heavy atom. The highest BCUT2D eigenvalue weighted by molar-refractivity contribution is 6.11. The predicted octanol–water partition coefficient (Wildman–Crippen LogP) is -1.63. The standard InChI is InChI=1S/C5H8BNO4/c6-5-4(9)3(7-10)2(1-8)11-5/h2-5,8-9H,1H2/t2-,3?,4?,5-/m1/s1. The molecule has 0 aromatic carbocycles. The van der Waals surface area contributed by atoms with E-state index in [2.05, 4.69) is 5.18 Å². The number of ether oxygens (including phenoxy) is 1. The predicted molar refractivity (Wildman–Crippen MR) is 37.1 cm³/mol. The molecule has 11 heavy (non-hydrogen) atoms. The third-order valence-corrected chi connectivity index (χ3v) is 1.70. The summed E-state index contributed by atoms with van der Waals surface area (Å²) >= 11 is 0. The minimum Gasteiger partial charge on any atom is -0.394 e. The Labute approximate surface area is 64.7 Å². The zero-order chi connectivity index (χ0) is 8.43. The molecule has 1 aliphatic rings. The average molecular weight is 157 g/mol. The van der Waals surface area contributed by atoms with E-state index in [-0.39, 0.29) is 6.61 Å². The van der Waals surface area contributed by atoms with Crippen molar-refractivity contribution in [2.75, 3.05) is 6.61 Å². The molecule has 0 aromatic rings. The van der Waals surface area contributed by atoms with E-state index in [1.807, 2.05) is 0 Å². The zero-order valence-corrected chi connectivity index (χ0v) is 5.75. The van der Waals surface area contributed by atoms with Crippen molar-refractivity contribution in [1.82, 2.24) is 0 Å². The van der Waals surface area contributed by atoms with Crippen LogP contribution >= 0.6 is 0 Å². The summed E-state index contributed by atoms with van der Waals surface area (Å²) in [6, 6.07) is -1.87. The molecular weight excluding hydrogens is 149 g/mol. The van der Waals surface area contributed by atoms with Crippen molar-refractivity contribution in [2.45, 2.75) is 24.3 Å². The number of hydrogen-bond donors (Lipinski definition) is 2. The second kappa shape index (κ2) is 3.29. The largest absolute Gasteiger partial charge is 0.394 e. The van der Waals surface area contributed by atoms with Gasteiger partial charge in [-0.05, 0) is 0 Å². The molecule has 0 aliphatic carbocycles. The first-order valence-electron chi connectivity index (χ1n) is 3.23. The number of aliphatic hydroxyl groups excluding tert-OH is 2. The Kier molecular flexibility index (Phi) is 2.59. The van der Waals surface area contributed by atoms with Gasteiger partial charge in [0.15, 0.2) is 0 Å². The van der Waals surface area contributed by atoms with Crippen LogP contribution in [0.2, 0.25) is 0 Å². The van der Waals surface area contributed by atoms with Gasteiger partial charge in [0.05, 0.1) is 12.7 Å². The van der Waals surface area contributed by atoms with Crippen molar-refractivity contribution in [3.63, 3.8) is 0 Å². The summed E-state index contributed by atoms with van der Waals surface area (Å²) in [7, 11) is 5.23. The van der Waals surface area contributed by atoms with E-state index in [0.29, 0.717) is 0 Å². The van der Waals surface area contributed by atoms with Crippen molar-refractivity contribution < 1.29 is 14.9 Å². The highest BCUT2D eigenvalue weighted by atomic mass is 16.5. The summed E-state index contributed by atoms with van der Waals surface area (Å²) in [4.78, 5) is 10.1. The summed E-state index contributed by atoms with van der Waals surface area (Å²) in [6.07, 6.45) is -1.87. The van der Waals surface area contributed by atoms with Gasteiger partial charge in [-0.3, -0.25) is 0 Å². The topological polar surface area (TPSA) is 79.1 Å². The Morgan fingerprint density at radius 1 is 1.64 bits per heavy atom. The number of nitrogens with zero attached hydrogens (tertiary/aromatic N) is 1. The van der Waals surface area contributed by atoms with Crippen LogP contribution in [0.15, 0.2) is 5.18 Å². The second-order valence-electron chi connectivity index (χ2n) is 2.41. The SMILES string of the molecule is [B][C@@H]1O[C@H](CO)C(N=O)C1O. The molecule has 1 fully saturated rings. The Morgan fingerprint density at radius 3 is 2.64 bits per heavy atom. The molecule has 0 amide bonds. The zero-order valence-electron chi connectivity index (χ0n) is 5.75. The third-order valence-electron chi connectivity index (χ3n) is 1.70. The summed E-state index contributed by atoms with van der Waals surface area (Å²) in [5, 5.41) is 20.3. The van der Waals surface area contributed by atoms with Crippen LogP contribution in [0.3, 0.4) is 0 Å². The minimum atomic E-state index is -1.11. The molecule has 60 valence electrons. The van der Waals surface area contributed by atoms with Gasteiger partial charge < -0.3 is 14.9 Å². The van der Waals surface area contributed by atoms with Gasteiger partial charge in [0, 0.05) is 6.00 Å². The smallest absolute Gasteiger partial charge is 0.148 e. The van der Waals surface area contributed by atoms with Crippen molar-refractivity contribution >= 4 is 7.85 Å².